The lowest BCUT2D eigenvalue weighted by atomic mass is 10.4. The molecule has 0 unspecified atom stereocenters. The molecule has 1 saturated carbocycles. The Kier molecular flexibility index (Phi) is 1.50. The van der Waals surface area contributed by atoms with Crippen molar-refractivity contribution in [3.63, 3.8) is 0 Å². The number of pyridine rings is 1. The smallest absolute Gasteiger partial charge is 0.154 e. The second-order valence-electron chi connectivity index (χ2n) is 3.80. The van der Waals surface area contributed by atoms with Crippen LogP contribution in [-0.4, -0.2) is 20.6 Å². The van der Waals surface area contributed by atoms with Crippen LogP contribution < -0.4 is 5.32 Å². The Morgan fingerprint density at radius 2 is 2.29 bits per heavy atom. The van der Waals surface area contributed by atoms with Gasteiger partial charge < -0.3 is 9.88 Å². The van der Waals surface area contributed by atoms with Gasteiger partial charge in [0.2, 0.25) is 0 Å². The minimum absolute atomic E-state index is 0.620. The zero-order valence-electron chi connectivity index (χ0n) is 8.07. The minimum atomic E-state index is 0.620. The molecule has 4 heteroatoms. The number of hydrogen-bond acceptors (Lipinski definition) is 3. The summed E-state index contributed by atoms with van der Waals surface area (Å²) in [5.41, 5.74) is 2.10. The monoisotopic (exact) mass is 188 g/mol. The molecule has 1 aliphatic carbocycles. The highest BCUT2D eigenvalue weighted by Gasteiger charge is 2.22. The molecule has 14 heavy (non-hydrogen) atoms. The molecule has 1 N–H and O–H groups in total. The molecule has 0 saturated heterocycles. The third kappa shape index (κ3) is 1.14. The van der Waals surface area contributed by atoms with Crippen LogP contribution in [0.3, 0.4) is 0 Å². The zero-order valence-corrected chi connectivity index (χ0v) is 8.07. The fourth-order valence-electron chi connectivity index (χ4n) is 1.59. The molecule has 0 radical (unpaired) electrons. The Labute approximate surface area is 82.0 Å². The quantitative estimate of drug-likeness (QED) is 0.777. The third-order valence-corrected chi connectivity index (χ3v) is 2.56. The largest absolute Gasteiger partial charge is 0.365 e. The molecular formula is C10H12N4. The molecule has 2 aromatic heterocycles. The summed E-state index contributed by atoms with van der Waals surface area (Å²) in [5, 5.41) is 3.39. The number of aromatic nitrogens is 3. The van der Waals surface area contributed by atoms with E-state index in [1.807, 2.05) is 30.2 Å². The molecule has 0 aromatic carbocycles. The predicted octanol–water partition coefficient (Wildman–Crippen LogP) is 1.54. The van der Waals surface area contributed by atoms with Crippen molar-refractivity contribution in [2.75, 3.05) is 5.32 Å². The summed E-state index contributed by atoms with van der Waals surface area (Å²) in [6.45, 7) is 0. The van der Waals surface area contributed by atoms with Gasteiger partial charge in [0, 0.05) is 19.3 Å². The maximum Gasteiger partial charge on any atom is 0.154 e. The van der Waals surface area contributed by atoms with Crippen LogP contribution in [-0.2, 0) is 7.05 Å². The van der Waals surface area contributed by atoms with Crippen molar-refractivity contribution in [2.24, 2.45) is 7.05 Å². The van der Waals surface area contributed by atoms with Crippen LogP contribution in [0.15, 0.2) is 18.6 Å². The van der Waals surface area contributed by atoms with E-state index in [0.717, 1.165) is 16.9 Å². The SMILES string of the molecule is Cn1cnc2c(NC3CC3)nccc21. The fraction of sp³-hybridized carbons (Fsp3) is 0.400. The van der Waals surface area contributed by atoms with Gasteiger partial charge in [-0.05, 0) is 18.9 Å². The molecular weight excluding hydrogens is 176 g/mol. The van der Waals surface area contributed by atoms with Crippen molar-refractivity contribution in [1.82, 2.24) is 14.5 Å². The number of nitrogens with zero attached hydrogens (tertiary/aromatic N) is 3. The molecule has 1 fully saturated rings. The number of hydrogen-bond donors (Lipinski definition) is 1. The van der Waals surface area contributed by atoms with E-state index in [9.17, 15) is 0 Å². The highest BCUT2D eigenvalue weighted by Crippen LogP contribution is 2.26. The lowest BCUT2D eigenvalue weighted by Crippen LogP contribution is -2.03. The molecule has 2 heterocycles. The Morgan fingerprint density at radius 1 is 1.43 bits per heavy atom. The molecule has 0 aliphatic heterocycles. The number of anilines is 1. The first kappa shape index (κ1) is 7.79. The molecule has 3 rings (SSSR count). The summed E-state index contributed by atoms with van der Waals surface area (Å²) in [5.74, 6) is 0.922. The van der Waals surface area contributed by atoms with Crippen molar-refractivity contribution in [2.45, 2.75) is 18.9 Å². The van der Waals surface area contributed by atoms with E-state index in [-0.39, 0.29) is 0 Å². The van der Waals surface area contributed by atoms with Gasteiger partial charge in [-0.15, -0.1) is 0 Å². The lowest BCUT2D eigenvalue weighted by molar-refractivity contribution is 0.947. The van der Waals surface area contributed by atoms with E-state index in [0.29, 0.717) is 6.04 Å². The van der Waals surface area contributed by atoms with Gasteiger partial charge in [-0.25, -0.2) is 9.97 Å². The van der Waals surface area contributed by atoms with Gasteiger partial charge in [0.15, 0.2) is 5.82 Å². The Morgan fingerprint density at radius 3 is 3.07 bits per heavy atom. The summed E-state index contributed by atoms with van der Waals surface area (Å²) in [7, 11) is 2.00. The van der Waals surface area contributed by atoms with Gasteiger partial charge in [0.05, 0.1) is 11.8 Å². The molecule has 72 valence electrons. The predicted molar refractivity (Wildman–Crippen MR) is 55.2 cm³/mol. The van der Waals surface area contributed by atoms with E-state index < -0.39 is 0 Å². The number of aryl methyl sites for hydroxylation is 1. The Balaban J connectivity index is 2.12. The van der Waals surface area contributed by atoms with Crippen molar-refractivity contribution in [3.8, 4) is 0 Å². The molecule has 1 aliphatic rings. The third-order valence-electron chi connectivity index (χ3n) is 2.56. The minimum Gasteiger partial charge on any atom is -0.365 e. The fourth-order valence-corrected chi connectivity index (χ4v) is 1.59. The van der Waals surface area contributed by atoms with Gasteiger partial charge in [0.1, 0.15) is 5.52 Å². The molecule has 2 aromatic rings. The van der Waals surface area contributed by atoms with Crippen LogP contribution in [0.4, 0.5) is 5.82 Å². The highest BCUT2D eigenvalue weighted by atomic mass is 15.1. The summed E-state index contributed by atoms with van der Waals surface area (Å²) >= 11 is 0. The van der Waals surface area contributed by atoms with Gasteiger partial charge in [-0.1, -0.05) is 0 Å². The highest BCUT2D eigenvalue weighted by molar-refractivity contribution is 5.85. The summed E-state index contributed by atoms with van der Waals surface area (Å²) in [6, 6.07) is 2.61. The zero-order chi connectivity index (χ0) is 9.54. The Bertz CT molecular complexity index is 470. The topological polar surface area (TPSA) is 42.7 Å². The average Bonchev–Trinajstić information content (AvgIpc) is 2.92. The summed E-state index contributed by atoms with van der Waals surface area (Å²) in [4.78, 5) is 8.65. The van der Waals surface area contributed by atoms with Gasteiger partial charge >= 0.3 is 0 Å². The van der Waals surface area contributed by atoms with Crippen molar-refractivity contribution in [1.29, 1.82) is 0 Å². The van der Waals surface area contributed by atoms with E-state index in [4.69, 9.17) is 0 Å². The molecule has 0 amide bonds. The second-order valence-corrected chi connectivity index (χ2v) is 3.80. The first-order valence-electron chi connectivity index (χ1n) is 4.87. The maximum absolute atomic E-state index is 4.34. The number of fused-ring (bicyclic) bond motifs is 1. The average molecular weight is 188 g/mol. The van der Waals surface area contributed by atoms with Crippen molar-refractivity contribution < 1.29 is 0 Å². The molecule has 0 atom stereocenters. The van der Waals surface area contributed by atoms with E-state index >= 15 is 0 Å². The normalized spacial score (nSPS) is 16.1. The summed E-state index contributed by atoms with van der Waals surface area (Å²) in [6.07, 6.45) is 6.16. The van der Waals surface area contributed by atoms with Crippen LogP contribution in [0.25, 0.3) is 11.0 Å². The second kappa shape index (κ2) is 2.70. The first-order chi connectivity index (χ1) is 6.84. The van der Waals surface area contributed by atoms with Crippen LogP contribution in [0.1, 0.15) is 12.8 Å². The summed E-state index contributed by atoms with van der Waals surface area (Å²) < 4.78 is 2.01. The van der Waals surface area contributed by atoms with Crippen molar-refractivity contribution in [3.05, 3.63) is 18.6 Å². The first-order valence-corrected chi connectivity index (χ1v) is 4.87. The van der Waals surface area contributed by atoms with Gasteiger partial charge in [-0.3, -0.25) is 0 Å². The van der Waals surface area contributed by atoms with Crippen LogP contribution in [0.5, 0.6) is 0 Å². The number of imidazole rings is 1. The molecule has 0 bridgehead atoms. The van der Waals surface area contributed by atoms with Crippen molar-refractivity contribution >= 4 is 16.9 Å². The van der Waals surface area contributed by atoms with Crippen LogP contribution >= 0.6 is 0 Å². The van der Waals surface area contributed by atoms with Gasteiger partial charge in [0.25, 0.3) is 0 Å². The van der Waals surface area contributed by atoms with Crippen LogP contribution in [0.2, 0.25) is 0 Å². The number of rotatable bonds is 2. The van der Waals surface area contributed by atoms with E-state index in [1.54, 1.807) is 0 Å². The van der Waals surface area contributed by atoms with Crippen LogP contribution in [0, 0.1) is 0 Å². The molecule has 0 spiro atoms. The van der Waals surface area contributed by atoms with E-state index in [1.165, 1.54) is 12.8 Å². The number of nitrogens with one attached hydrogen (secondary N) is 1. The van der Waals surface area contributed by atoms with Gasteiger partial charge in [-0.2, -0.15) is 0 Å². The van der Waals surface area contributed by atoms with E-state index in [2.05, 4.69) is 15.3 Å². The standard InChI is InChI=1S/C10H12N4/c1-14-6-12-9-8(14)4-5-11-10(9)13-7-2-3-7/h4-7H,2-3H2,1H3,(H,11,13). The maximum atomic E-state index is 4.34. The Hall–Kier alpha value is -1.58. The lowest BCUT2D eigenvalue weighted by Gasteiger charge is -2.03. The molecule has 4 nitrogen and oxygen atoms in total.